The number of nitrogens with one attached hydrogen (secondary N) is 1. The van der Waals surface area contributed by atoms with E-state index in [0.29, 0.717) is 29.6 Å². The van der Waals surface area contributed by atoms with E-state index in [9.17, 15) is 9.59 Å². The van der Waals surface area contributed by atoms with E-state index in [1.54, 1.807) is 12.1 Å². The maximum absolute atomic E-state index is 12.4. The van der Waals surface area contributed by atoms with Crippen LogP contribution in [0.15, 0.2) is 12.1 Å². The van der Waals surface area contributed by atoms with Gasteiger partial charge in [-0.2, -0.15) is 0 Å². The summed E-state index contributed by atoms with van der Waals surface area (Å²) >= 11 is 1.29. The number of aliphatic hydroxyl groups is 1. The number of rotatable bonds is 5. The number of aliphatic hydroxyl groups excluding tert-OH is 1. The molecule has 1 saturated heterocycles. The van der Waals surface area contributed by atoms with Gasteiger partial charge in [0.25, 0.3) is 5.91 Å². The van der Waals surface area contributed by atoms with Gasteiger partial charge in [-0.1, -0.05) is 0 Å². The van der Waals surface area contributed by atoms with Gasteiger partial charge in [-0.25, -0.2) is 0 Å². The maximum Gasteiger partial charge on any atom is 0.263 e. The zero-order chi connectivity index (χ0) is 15.2. The molecule has 2 heterocycles. The van der Waals surface area contributed by atoms with Crippen LogP contribution in [0.1, 0.15) is 29.4 Å². The number of hydrogen-bond acceptors (Lipinski definition) is 5. The molecule has 1 aromatic heterocycles. The smallest absolute Gasteiger partial charge is 0.263 e. The molecule has 0 aromatic carbocycles. The molecule has 0 saturated carbocycles. The first-order valence-electron chi connectivity index (χ1n) is 6.99. The molecule has 7 heteroatoms. The minimum absolute atomic E-state index is 0.00258. The van der Waals surface area contributed by atoms with Crippen LogP contribution in [0.2, 0.25) is 0 Å². The van der Waals surface area contributed by atoms with Gasteiger partial charge in [0.05, 0.1) is 29.2 Å². The molecule has 2 amide bonds. The number of likely N-dealkylation sites (tertiary alicyclic amines) is 1. The molecule has 6 nitrogen and oxygen atoms in total. The van der Waals surface area contributed by atoms with Crippen molar-refractivity contribution in [1.82, 2.24) is 4.90 Å². The quantitative estimate of drug-likeness (QED) is 0.859. The van der Waals surface area contributed by atoms with Crippen LogP contribution >= 0.6 is 11.3 Å². The van der Waals surface area contributed by atoms with Gasteiger partial charge in [0.2, 0.25) is 5.91 Å². The molecule has 1 aliphatic rings. The van der Waals surface area contributed by atoms with Gasteiger partial charge < -0.3 is 20.1 Å². The first-order valence-corrected chi connectivity index (χ1v) is 7.81. The Labute approximate surface area is 127 Å². The molecule has 0 radical (unpaired) electrons. The largest absolute Gasteiger partial charge is 0.394 e. The van der Waals surface area contributed by atoms with Crippen LogP contribution in [-0.4, -0.2) is 54.2 Å². The van der Waals surface area contributed by atoms with Crippen molar-refractivity contribution >= 4 is 28.2 Å². The van der Waals surface area contributed by atoms with Crippen molar-refractivity contribution in [2.75, 3.05) is 31.6 Å². The predicted octanol–water partition coefficient (Wildman–Crippen LogP) is 1.32. The number of piperidine rings is 1. The maximum atomic E-state index is 12.4. The van der Waals surface area contributed by atoms with Crippen molar-refractivity contribution in [3.05, 3.63) is 17.0 Å². The summed E-state index contributed by atoms with van der Waals surface area (Å²) in [4.78, 5) is 25.8. The highest BCUT2D eigenvalue weighted by Crippen LogP contribution is 2.24. The van der Waals surface area contributed by atoms with Gasteiger partial charge in [0.1, 0.15) is 0 Å². The minimum atomic E-state index is -0.141. The molecule has 0 aliphatic carbocycles. The monoisotopic (exact) mass is 312 g/mol. The molecule has 1 fully saturated rings. The number of carbonyl (C=O) groups excluding carboxylic acids is 2. The Morgan fingerprint density at radius 2 is 2.14 bits per heavy atom. The van der Waals surface area contributed by atoms with Crippen LogP contribution in [0.3, 0.4) is 0 Å². The van der Waals surface area contributed by atoms with Gasteiger partial charge in [0, 0.05) is 20.0 Å². The molecule has 1 aliphatic heterocycles. The molecule has 116 valence electrons. The van der Waals surface area contributed by atoms with E-state index in [1.165, 1.54) is 18.3 Å². The highest BCUT2D eigenvalue weighted by atomic mass is 32.1. The summed E-state index contributed by atoms with van der Waals surface area (Å²) in [5, 5.41) is 12.1. The summed E-state index contributed by atoms with van der Waals surface area (Å²) < 4.78 is 5.48. The molecule has 2 rings (SSSR count). The van der Waals surface area contributed by atoms with Gasteiger partial charge >= 0.3 is 0 Å². The Morgan fingerprint density at radius 3 is 2.76 bits per heavy atom. The molecular formula is C14H20N2O4S. The zero-order valence-electron chi connectivity index (χ0n) is 12.0. The molecule has 0 bridgehead atoms. The van der Waals surface area contributed by atoms with Crippen molar-refractivity contribution in [3.63, 3.8) is 0 Å². The third-order valence-corrected chi connectivity index (χ3v) is 4.28. The van der Waals surface area contributed by atoms with Gasteiger partial charge in [0.15, 0.2) is 0 Å². The van der Waals surface area contributed by atoms with Crippen molar-refractivity contribution < 1.29 is 19.4 Å². The molecule has 2 N–H and O–H groups in total. The number of ether oxygens (including phenoxy) is 1. The average Bonchev–Trinajstić information content (AvgIpc) is 2.92. The predicted molar refractivity (Wildman–Crippen MR) is 80.6 cm³/mol. The third-order valence-electron chi connectivity index (χ3n) is 3.29. The molecule has 21 heavy (non-hydrogen) atoms. The lowest BCUT2D eigenvalue weighted by atomic mass is 10.1. The van der Waals surface area contributed by atoms with Gasteiger partial charge in [-0.3, -0.25) is 9.59 Å². The average molecular weight is 312 g/mol. The fourth-order valence-corrected chi connectivity index (χ4v) is 3.21. The highest BCUT2D eigenvalue weighted by Gasteiger charge is 2.24. The van der Waals surface area contributed by atoms with E-state index in [1.807, 2.05) is 4.90 Å². The Morgan fingerprint density at radius 1 is 1.43 bits per heavy atom. The second kappa shape index (κ2) is 7.53. The summed E-state index contributed by atoms with van der Waals surface area (Å²) in [5.74, 6) is -0.144. The molecule has 0 atom stereocenters. The molecule has 0 unspecified atom stereocenters. The summed E-state index contributed by atoms with van der Waals surface area (Å²) in [7, 11) is 0. The highest BCUT2D eigenvalue weighted by molar-refractivity contribution is 7.18. The SMILES string of the molecule is CC(=O)Nc1ccc(C(=O)N2CCC(OCCO)CC2)s1. The van der Waals surface area contributed by atoms with Crippen LogP contribution in [0.4, 0.5) is 5.00 Å². The number of hydrogen-bond donors (Lipinski definition) is 2. The van der Waals surface area contributed by atoms with E-state index in [4.69, 9.17) is 9.84 Å². The number of amides is 2. The van der Waals surface area contributed by atoms with Crippen LogP contribution < -0.4 is 5.32 Å². The third kappa shape index (κ3) is 4.52. The minimum Gasteiger partial charge on any atom is -0.394 e. The second-order valence-electron chi connectivity index (χ2n) is 4.93. The lowest BCUT2D eigenvalue weighted by Gasteiger charge is -2.31. The van der Waals surface area contributed by atoms with Crippen LogP contribution in [0.5, 0.6) is 0 Å². The fraction of sp³-hybridized carbons (Fsp3) is 0.571. The van der Waals surface area contributed by atoms with Crippen molar-refractivity contribution in [2.24, 2.45) is 0 Å². The summed E-state index contributed by atoms with van der Waals surface area (Å²) in [5.41, 5.74) is 0. The molecule has 0 spiro atoms. The van der Waals surface area contributed by atoms with E-state index in [0.717, 1.165) is 12.8 Å². The zero-order valence-corrected chi connectivity index (χ0v) is 12.8. The number of carbonyl (C=O) groups is 2. The van der Waals surface area contributed by atoms with Crippen molar-refractivity contribution in [3.8, 4) is 0 Å². The number of nitrogens with zero attached hydrogens (tertiary/aromatic N) is 1. The summed E-state index contributed by atoms with van der Waals surface area (Å²) in [6.45, 7) is 3.13. The topological polar surface area (TPSA) is 78.9 Å². The number of anilines is 1. The second-order valence-corrected chi connectivity index (χ2v) is 6.01. The van der Waals surface area contributed by atoms with Crippen LogP contribution in [0, 0.1) is 0 Å². The fourth-order valence-electron chi connectivity index (χ4n) is 2.29. The molecular weight excluding hydrogens is 292 g/mol. The van der Waals surface area contributed by atoms with Crippen molar-refractivity contribution in [2.45, 2.75) is 25.9 Å². The van der Waals surface area contributed by atoms with E-state index in [-0.39, 0.29) is 24.5 Å². The van der Waals surface area contributed by atoms with E-state index >= 15 is 0 Å². The lowest BCUT2D eigenvalue weighted by molar-refractivity contribution is -0.114. The van der Waals surface area contributed by atoms with Gasteiger partial charge in [-0.05, 0) is 25.0 Å². The lowest BCUT2D eigenvalue weighted by Crippen LogP contribution is -2.40. The molecule has 1 aromatic rings. The first kappa shape index (κ1) is 15.9. The summed E-state index contributed by atoms with van der Waals surface area (Å²) in [6, 6.07) is 3.49. The summed E-state index contributed by atoms with van der Waals surface area (Å²) in [6.07, 6.45) is 1.70. The van der Waals surface area contributed by atoms with E-state index < -0.39 is 0 Å². The number of thiophene rings is 1. The first-order chi connectivity index (χ1) is 10.1. The normalized spacial score (nSPS) is 16.0. The Balaban J connectivity index is 1.86. The standard InChI is InChI=1S/C14H20N2O4S/c1-10(18)15-13-3-2-12(21-13)14(19)16-6-4-11(5-7-16)20-9-8-17/h2-3,11,17H,4-9H2,1H3,(H,15,18). The van der Waals surface area contributed by atoms with Crippen LogP contribution in [-0.2, 0) is 9.53 Å². The van der Waals surface area contributed by atoms with Gasteiger partial charge in [-0.15, -0.1) is 11.3 Å². The van der Waals surface area contributed by atoms with Crippen molar-refractivity contribution in [1.29, 1.82) is 0 Å². The van der Waals surface area contributed by atoms with Crippen LogP contribution in [0.25, 0.3) is 0 Å². The Bertz CT molecular complexity index is 495. The van der Waals surface area contributed by atoms with E-state index in [2.05, 4.69) is 5.32 Å². The Hall–Kier alpha value is -1.44. The Kier molecular flexibility index (Phi) is 5.72.